The van der Waals surface area contributed by atoms with E-state index < -0.39 is 17.4 Å². The van der Waals surface area contributed by atoms with Crippen molar-refractivity contribution in [1.29, 1.82) is 0 Å². The number of hydrogen-bond donors (Lipinski definition) is 0. The van der Waals surface area contributed by atoms with Crippen LogP contribution in [-0.4, -0.2) is 33.7 Å². The smallest absolute Gasteiger partial charge is 0.320 e. The molecule has 1 aromatic carbocycles. The molecule has 0 bridgehead atoms. The first-order chi connectivity index (χ1) is 17.8. The number of rotatable bonds is 5. The second-order valence-electron chi connectivity index (χ2n) is 9.37. The third kappa shape index (κ3) is 4.00. The normalized spacial score (nSPS) is 15.1. The predicted molar refractivity (Wildman–Crippen MR) is 129 cm³/mol. The van der Waals surface area contributed by atoms with Crippen LogP contribution in [0.1, 0.15) is 42.1 Å². The van der Waals surface area contributed by atoms with E-state index in [1.807, 2.05) is 23.7 Å². The molecular weight excluding hydrogens is 483 g/mol. The van der Waals surface area contributed by atoms with E-state index in [1.165, 1.54) is 29.4 Å². The Balaban J connectivity index is 1.59. The molecule has 5 aromatic rings. The zero-order chi connectivity index (χ0) is 25.7. The number of fused-ring (bicyclic) bond motifs is 1. The number of alkyl halides is 3. The molecule has 11 heteroatoms. The van der Waals surface area contributed by atoms with Crippen LogP contribution in [0.2, 0.25) is 0 Å². The number of benzene rings is 1. The lowest BCUT2D eigenvalue weighted by Crippen LogP contribution is -2.24. The fourth-order valence-corrected chi connectivity index (χ4v) is 5.08. The fraction of sp³-hybridized carbons (Fsp3) is 0.269. The van der Waals surface area contributed by atoms with Crippen molar-refractivity contribution in [1.82, 2.24) is 33.7 Å². The highest BCUT2D eigenvalue weighted by molar-refractivity contribution is 5.67. The highest BCUT2D eigenvalue weighted by Crippen LogP contribution is 2.44. The van der Waals surface area contributed by atoms with Crippen LogP contribution >= 0.6 is 0 Å². The maximum Gasteiger partial charge on any atom is 0.418 e. The quantitative estimate of drug-likeness (QED) is 0.348. The van der Waals surface area contributed by atoms with Gasteiger partial charge >= 0.3 is 11.9 Å². The maximum absolute atomic E-state index is 13.7. The Labute approximate surface area is 209 Å². The minimum absolute atomic E-state index is 0.0944. The Hall–Kier alpha value is -4.28. The lowest BCUT2D eigenvalue weighted by Gasteiger charge is -2.33. The summed E-state index contributed by atoms with van der Waals surface area (Å²) in [7, 11) is 1.89. The number of hydrogen-bond acceptors (Lipinski definition) is 5. The minimum Gasteiger partial charge on any atom is -0.320 e. The molecule has 4 heterocycles. The Morgan fingerprint density at radius 2 is 1.86 bits per heavy atom. The van der Waals surface area contributed by atoms with E-state index in [2.05, 4.69) is 20.2 Å². The van der Waals surface area contributed by atoms with E-state index in [0.717, 1.165) is 52.2 Å². The molecule has 0 N–H and O–H groups in total. The second-order valence-corrected chi connectivity index (χ2v) is 9.37. The SMILES string of the molecule is Cn1cnnc1C(c1cc(-c2cncnc2)cc(-n2cc3c(C(F)(F)F)cccn3c2=O)c1)C1CCC1. The molecule has 0 amide bonds. The molecule has 1 fully saturated rings. The number of nitrogens with zero attached hydrogens (tertiary/aromatic N) is 7. The highest BCUT2D eigenvalue weighted by atomic mass is 19.4. The molecule has 1 aliphatic rings. The number of imidazole rings is 1. The van der Waals surface area contributed by atoms with Crippen LogP contribution in [0.4, 0.5) is 13.2 Å². The van der Waals surface area contributed by atoms with Crippen LogP contribution in [0.3, 0.4) is 0 Å². The monoisotopic (exact) mass is 505 g/mol. The van der Waals surface area contributed by atoms with Crippen LogP contribution in [0.5, 0.6) is 0 Å². The lowest BCUT2D eigenvalue weighted by molar-refractivity contribution is -0.136. The first-order valence-electron chi connectivity index (χ1n) is 11.9. The van der Waals surface area contributed by atoms with E-state index in [0.29, 0.717) is 11.6 Å². The zero-order valence-corrected chi connectivity index (χ0v) is 19.8. The first kappa shape index (κ1) is 23.1. The maximum atomic E-state index is 13.7. The Kier molecular flexibility index (Phi) is 5.43. The molecule has 0 saturated heterocycles. The summed E-state index contributed by atoms with van der Waals surface area (Å²) in [6.45, 7) is 0. The molecule has 8 nitrogen and oxygen atoms in total. The first-order valence-corrected chi connectivity index (χ1v) is 11.9. The summed E-state index contributed by atoms with van der Waals surface area (Å²) in [6.07, 6.45) is 7.56. The topological polar surface area (TPSA) is 82.9 Å². The van der Waals surface area contributed by atoms with Crippen LogP contribution in [0.15, 0.2) is 72.6 Å². The minimum atomic E-state index is -4.60. The number of aryl methyl sites for hydroxylation is 1. The molecule has 1 atom stereocenters. The molecular formula is C26H22F3N7O. The molecule has 1 unspecified atom stereocenters. The third-order valence-corrected chi connectivity index (χ3v) is 7.12. The Morgan fingerprint density at radius 1 is 1.08 bits per heavy atom. The molecule has 0 radical (unpaired) electrons. The van der Waals surface area contributed by atoms with Crippen LogP contribution in [0.25, 0.3) is 22.3 Å². The summed E-state index contributed by atoms with van der Waals surface area (Å²) in [5.41, 5.74) is 1.15. The summed E-state index contributed by atoms with van der Waals surface area (Å²) in [5.74, 6) is 1.04. The van der Waals surface area contributed by atoms with Crippen LogP contribution in [-0.2, 0) is 13.2 Å². The van der Waals surface area contributed by atoms with Gasteiger partial charge in [0.05, 0.1) is 16.8 Å². The largest absolute Gasteiger partial charge is 0.418 e. The van der Waals surface area contributed by atoms with Crippen molar-refractivity contribution in [3.05, 3.63) is 95.2 Å². The summed E-state index contributed by atoms with van der Waals surface area (Å²) in [6, 6.07) is 7.85. The van der Waals surface area contributed by atoms with E-state index >= 15 is 0 Å². The van der Waals surface area contributed by atoms with Crippen LogP contribution in [0, 0.1) is 5.92 Å². The van der Waals surface area contributed by atoms with Gasteiger partial charge in [-0.25, -0.2) is 14.8 Å². The molecule has 1 saturated carbocycles. The standard InChI is InChI=1S/C26H22F3N7O/c1-34-15-32-33-24(34)23(16-4-2-5-16)18-8-17(19-11-30-14-31-12-19)9-20(10-18)36-13-22-21(26(27,28)29)6-3-7-35(22)25(36)37/h3,6-16,23H,2,4-5H2,1H3. The summed E-state index contributed by atoms with van der Waals surface area (Å²) >= 11 is 0. The van der Waals surface area contributed by atoms with E-state index in [4.69, 9.17) is 0 Å². The van der Waals surface area contributed by atoms with Gasteiger partial charge in [-0.2, -0.15) is 13.2 Å². The predicted octanol–water partition coefficient (Wildman–Crippen LogP) is 4.63. The summed E-state index contributed by atoms with van der Waals surface area (Å²) < 4.78 is 45.2. The molecule has 1 aliphatic carbocycles. The fourth-order valence-electron chi connectivity index (χ4n) is 5.08. The van der Waals surface area contributed by atoms with Gasteiger partial charge < -0.3 is 4.57 Å². The molecule has 37 heavy (non-hydrogen) atoms. The van der Waals surface area contributed by atoms with E-state index in [-0.39, 0.29) is 11.4 Å². The van der Waals surface area contributed by atoms with E-state index in [1.54, 1.807) is 24.8 Å². The molecule has 0 spiro atoms. The molecule has 188 valence electrons. The van der Waals surface area contributed by atoms with Gasteiger partial charge in [-0.1, -0.05) is 12.5 Å². The van der Waals surface area contributed by atoms with Crippen molar-refractivity contribution >= 4 is 5.52 Å². The van der Waals surface area contributed by atoms with Crippen LogP contribution < -0.4 is 5.69 Å². The molecule has 4 aromatic heterocycles. The Bertz CT molecular complexity index is 1650. The average Bonchev–Trinajstić information content (AvgIpc) is 3.43. The lowest BCUT2D eigenvalue weighted by atomic mass is 9.72. The number of pyridine rings is 1. The van der Waals surface area contributed by atoms with Gasteiger partial charge in [0.2, 0.25) is 0 Å². The van der Waals surface area contributed by atoms with Gasteiger partial charge in [-0.15, -0.1) is 10.2 Å². The van der Waals surface area contributed by atoms with E-state index in [9.17, 15) is 18.0 Å². The van der Waals surface area contributed by atoms with Gasteiger partial charge in [-0.3, -0.25) is 8.97 Å². The number of aromatic nitrogens is 7. The molecule has 6 rings (SSSR count). The van der Waals surface area contributed by atoms with Gasteiger partial charge in [-0.05, 0) is 54.2 Å². The summed E-state index contributed by atoms with van der Waals surface area (Å²) in [5, 5.41) is 8.46. The van der Waals surface area contributed by atoms with Crippen molar-refractivity contribution < 1.29 is 13.2 Å². The average molecular weight is 506 g/mol. The third-order valence-electron chi connectivity index (χ3n) is 7.12. The van der Waals surface area contributed by atoms with Crippen molar-refractivity contribution in [2.75, 3.05) is 0 Å². The Morgan fingerprint density at radius 3 is 2.51 bits per heavy atom. The van der Waals surface area contributed by atoms with Gasteiger partial charge in [0.25, 0.3) is 0 Å². The number of halogens is 3. The van der Waals surface area contributed by atoms with Crippen molar-refractivity contribution in [2.24, 2.45) is 13.0 Å². The van der Waals surface area contributed by atoms with Crippen molar-refractivity contribution in [3.8, 4) is 16.8 Å². The highest BCUT2D eigenvalue weighted by Gasteiger charge is 2.35. The summed E-state index contributed by atoms with van der Waals surface area (Å²) in [4.78, 5) is 21.6. The van der Waals surface area contributed by atoms with Crippen molar-refractivity contribution in [2.45, 2.75) is 31.4 Å². The van der Waals surface area contributed by atoms with Crippen molar-refractivity contribution in [3.63, 3.8) is 0 Å². The second kappa shape index (κ2) is 8.68. The van der Waals surface area contributed by atoms with Gasteiger partial charge in [0.15, 0.2) is 0 Å². The van der Waals surface area contributed by atoms with Gasteiger partial charge in [0, 0.05) is 43.3 Å². The zero-order valence-electron chi connectivity index (χ0n) is 19.8. The molecule has 0 aliphatic heterocycles. The van der Waals surface area contributed by atoms with Gasteiger partial charge in [0.1, 0.15) is 18.5 Å².